The minimum absolute atomic E-state index is 0.0580. The fourth-order valence-corrected chi connectivity index (χ4v) is 6.29. The van der Waals surface area contributed by atoms with Gasteiger partial charge in [0, 0.05) is 48.5 Å². The molecule has 2 saturated heterocycles. The van der Waals surface area contributed by atoms with E-state index < -0.39 is 5.97 Å². The van der Waals surface area contributed by atoms with E-state index in [-0.39, 0.29) is 30.0 Å². The second kappa shape index (κ2) is 13.1. The molecule has 0 spiro atoms. The Morgan fingerprint density at radius 2 is 1.93 bits per heavy atom. The highest BCUT2D eigenvalue weighted by Crippen LogP contribution is 2.30. The monoisotopic (exact) mass is 628 g/mol. The van der Waals surface area contributed by atoms with Gasteiger partial charge in [0.05, 0.1) is 54.5 Å². The van der Waals surface area contributed by atoms with E-state index in [2.05, 4.69) is 14.6 Å². The lowest BCUT2D eigenvalue weighted by Gasteiger charge is -2.32. The van der Waals surface area contributed by atoms with Gasteiger partial charge in [0.25, 0.3) is 0 Å². The zero-order chi connectivity index (χ0) is 31.6. The Morgan fingerprint density at radius 3 is 2.70 bits per heavy atom. The standard InChI is InChI=1S/C34H37FN6O5/c1-44-14-12-40-18-24-15-27(35)25(16-30(24)38-40)21-46-33-4-2-3-28(37-33)22-7-10-39(11-8-22)20-32-36-29-6-5-23(34(42)43)17-31(29)41(32)19-26-9-13-45-26/h2-6,15-18,22,26H,7-14,19-21H2,1H3,(H,42,43). The van der Waals surface area contributed by atoms with E-state index in [4.69, 9.17) is 24.2 Å². The number of hydrogen-bond donors (Lipinski definition) is 1. The molecule has 2 aromatic carbocycles. The number of ether oxygens (including phenoxy) is 3. The van der Waals surface area contributed by atoms with E-state index in [1.54, 1.807) is 42.1 Å². The van der Waals surface area contributed by atoms with Gasteiger partial charge < -0.3 is 23.9 Å². The molecular weight excluding hydrogens is 591 g/mol. The molecule has 2 aliphatic heterocycles. The Hall–Kier alpha value is -4.39. The Bertz CT molecular complexity index is 1860. The third-order valence-electron chi connectivity index (χ3n) is 8.99. The number of pyridine rings is 1. The lowest BCUT2D eigenvalue weighted by molar-refractivity contribution is -0.0592. The van der Waals surface area contributed by atoms with E-state index in [0.29, 0.717) is 43.2 Å². The van der Waals surface area contributed by atoms with E-state index >= 15 is 0 Å². The lowest BCUT2D eigenvalue weighted by Crippen LogP contribution is -2.35. The maximum absolute atomic E-state index is 14.9. The smallest absolute Gasteiger partial charge is 0.335 e. The normalized spacial score (nSPS) is 17.5. The molecule has 0 aliphatic carbocycles. The molecule has 0 radical (unpaired) electrons. The number of rotatable bonds is 12. The van der Waals surface area contributed by atoms with Crippen LogP contribution in [0.15, 0.2) is 54.7 Å². The first-order valence-corrected chi connectivity index (χ1v) is 15.7. The maximum Gasteiger partial charge on any atom is 0.335 e. The zero-order valence-corrected chi connectivity index (χ0v) is 25.8. The fraction of sp³-hybridized carbons (Fsp3) is 0.412. The predicted molar refractivity (Wildman–Crippen MR) is 168 cm³/mol. The molecule has 5 aromatic rings. The molecule has 2 aliphatic rings. The summed E-state index contributed by atoms with van der Waals surface area (Å²) in [5, 5.41) is 14.8. The number of likely N-dealkylation sites (tertiary alicyclic amines) is 1. The third-order valence-corrected chi connectivity index (χ3v) is 8.99. The number of hydrogen-bond acceptors (Lipinski definition) is 8. The minimum atomic E-state index is -0.947. The number of nitrogens with zero attached hydrogens (tertiary/aromatic N) is 6. The van der Waals surface area contributed by atoms with Crippen molar-refractivity contribution in [2.24, 2.45) is 0 Å². The number of aromatic nitrogens is 5. The van der Waals surface area contributed by atoms with Crippen LogP contribution in [0.3, 0.4) is 0 Å². The largest absolute Gasteiger partial charge is 0.478 e. The SMILES string of the molecule is COCCn1cc2cc(F)c(COc3cccc(C4CCN(Cc5nc6ccc(C(=O)O)cc6n5CC5CCO5)CC4)n3)cc2n1. The van der Waals surface area contributed by atoms with Crippen molar-refractivity contribution in [3.8, 4) is 5.88 Å². The first kappa shape index (κ1) is 30.3. The topological polar surface area (TPSA) is 117 Å². The van der Waals surface area contributed by atoms with Crippen LogP contribution < -0.4 is 4.74 Å². The van der Waals surface area contributed by atoms with Crippen LogP contribution in [0.25, 0.3) is 21.9 Å². The van der Waals surface area contributed by atoms with Crippen LogP contribution >= 0.6 is 0 Å². The van der Waals surface area contributed by atoms with Crippen molar-refractivity contribution in [1.82, 2.24) is 29.2 Å². The molecule has 0 saturated carbocycles. The molecule has 240 valence electrons. The summed E-state index contributed by atoms with van der Waals surface area (Å²) >= 11 is 0. The summed E-state index contributed by atoms with van der Waals surface area (Å²) in [4.78, 5) is 23.7. The average molecular weight is 629 g/mol. The van der Waals surface area contributed by atoms with E-state index in [1.807, 2.05) is 18.3 Å². The molecule has 12 heteroatoms. The van der Waals surface area contributed by atoms with Gasteiger partial charge in [-0.2, -0.15) is 5.10 Å². The number of aromatic carboxylic acids is 1. The van der Waals surface area contributed by atoms with Gasteiger partial charge in [-0.25, -0.2) is 19.2 Å². The van der Waals surface area contributed by atoms with Crippen molar-refractivity contribution in [2.75, 3.05) is 33.4 Å². The predicted octanol–water partition coefficient (Wildman–Crippen LogP) is 5.01. The number of piperidine rings is 1. The summed E-state index contributed by atoms with van der Waals surface area (Å²) in [5.41, 5.74) is 4.00. The zero-order valence-electron chi connectivity index (χ0n) is 25.8. The van der Waals surface area contributed by atoms with Crippen LogP contribution in [-0.4, -0.2) is 79.8 Å². The molecule has 46 heavy (non-hydrogen) atoms. The summed E-state index contributed by atoms with van der Waals surface area (Å²) in [5.74, 6) is 0.393. The number of fused-ring (bicyclic) bond motifs is 2. The van der Waals surface area contributed by atoms with E-state index in [0.717, 1.165) is 66.9 Å². The average Bonchev–Trinajstić information content (AvgIpc) is 3.60. The quantitative estimate of drug-likeness (QED) is 0.204. The van der Waals surface area contributed by atoms with E-state index in [9.17, 15) is 14.3 Å². The van der Waals surface area contributed by atoms with Crippen LogP contribution in [0.2, 0.25) is 0 Å². The lowest BCUT2D eigenvalue weighted by atomic mass is 9.93. The van der Waals surface area contributed by atoms with Crippen LogP contribution in [0.4, 0.5) is 4.39 Å². The number of carboxylic acids is 1. The Balaban J connectivity index is 0.987. The van der Waals surface area contributed by atoms with Crippen molar-refractivity contribution < 1.29 is 28.5 Å². The fourth-order valence-electron chi connectivity index (χ4n) is 6.29. The molecule has 2 fully saturated rings. The van der Waals surface area contributed by atoms with E-state index in [1.165, 1.54) is 6.07 Å². The van der Waals surface area contributed by atoms with Crippen molar-refractivity contribution in [2.45, 2.75) is 57.5 Å². The van der Waals surface area contributed by atoms with Gasteiger partial charge in [0.15, 0.2) is 0 Å². The van der Waals surface area contributed by atoms with Crippen molar-refractivity contribution in [1.29, 1.82) is 0 Å². The molecule has 1 atom stereocenters. The molecule has 1 N–H and O–H groups in total. The molecule has 0 amide bonds. The summed E-state index contributed by atoms with van der Waals surface area (Å²) in [6, 6.07) is 14.1. The third kappa shape index (κ3) is 6.46. The van der Waals surface area contributed by atoms with Crippen molar-refractivity contribution in [3.63, 3.8) is 0 Å². The Labute approximate surface area is 265 Å². The second-order valence-electron chi connectivity index (χ2n) is 12.1. The number of methoxy groups -OCH3 is 1. The first-order chi connectivity index (χ1) is 22.4. The van der Waals surface area contributed by atoms with Gasteiger partial charge in [-0.3, -0.25) is 9.58 Å². The van der Waals surface area contributed by atoms with Gasteiger partial charge in [0.2, 0.25) is 5.88 Å². The van der Waals surface area contributed by atoms with Crippen LogP contribution in [-0.2, 0) is 35.7 Å². The highest BCUT2D eigenvalue weighted by Gasteiger charge is 2.26. The van der Waals surface area contributed by atoms with Gasteiger partial charge in [0.1, 0.15) is 18.2 Å². The highest BCUT2D eigenvalue weighted by atomic mass is 19.1. The molecule has 5 heterocycles. The number of imidazole rings is 1. The summed E-state index contributed by atoms with van der Waals surface area (Å²) in [6.45, 7) is 5.04. The maximum atomic E-state index is 14.9. The van der Waals surface area contributed by atoms with Crippen molar-refractivity contribution in [3.05, 3.63) is 83.2 Å². The molecular formula is C34H37FN6O5. The number of carbonyl (C=O) groups is 1. The molecule has 3 aromatic heterocycles. The Kier molecular flexibility index (Phi) is 8.65. The van der Waals surface area contributed by atoms with Crippen molar-refractivity contribution >= 4 is 27.9 Å². The second-order valence-corrected chi connectivity index (χ2v) is 12.1. The van der Waals surface area contributed by atoms with Gasteiger partial charge in [-0.1, -0.05) is 6.07 Å². The molecule has 7 rings (SSSR count). The molecule has 0 bridgehead atoms. The molecule has 11 nitrogen and oxygen atoms in total. The van der Waals surface area contributed by atoms with Crippen LogP contribution in [0.5, 0.6) is 5.88 Å². The number of benzene rings is 2. The first-order valence-electron chi connectivity index (χ1n) is 15.7. The summed E-state index contributed by atoms with van der Waals surface area (Å²) in [7, 11) is 1.64. The highest BCUT2D eigenvalue weighted by molar-refractivity contribution is 5.92. The Morgan fingerprint density at radius 1 is 1.09 bits per heavy atom. The molecule has 1 unspecified atom stereocenters. The summed E-state index contributed by atoms with van der Waals surface area (Å²) < 4.78 is 35.5. The summed E-state index contributed by atoms with van der Waals surface area (Å²) in [6.07, 6.45) is 4.80. The number of carboxylic acid groups (broad SMARTS) is 1. The number of halogens is 1. The van der Waals surface area contributed by atoms with Crippen LogP contribution in [0, 0.1) is 5.82 Å². The van der Waals surface area contributed by atoms with Gasteiger partial charge in [-0.15, -0.1) is 0 Å². The van der Waals surface area contributed by atoms with Crippen LogP contribution in [0.1, 0.15) is 52.6 Å². The van der Waals surface area contributed by atoms with Gasteiger partial charge >= 0.3 is 5.97 Å². The van der Waals surface area contributed by atoms with Gasteiger partial charge in [-0.05, 0) is 68.8 Å². The minimum Gasteiger partial charge on any atom is -0.478 e.